The molecule has 0 amide bonds. The van der Waals surface area contributed by atoms with E-state index in [0.717, 1.165) is 28.8 Å². The molecule has 0 bridgehead atoms. The predicted octanol–water partition coefficient (Wildman–Crippen LogP) is 3.54. The Labute approximate surface area is 112 Å². The zero-order valence-corrected chi connectivity index (χ0v) is 10.4. The van der Waals surface area contributed by atoms with Gasteiger partial charge >= 0.3 is 6.18 Å². The summed E-state index contributed by atoms with van der Waals surface area (Å²) in [6, 6.07) is 10.9. The van der Waals surface area contributed by atoms with Gasteiger partial charge < -0.3 is 5.43 Å². The van der Waals surface area contributed by atoms with Gasteiger partial charge in [0.25, 0.3) is 0 Å². The van der Waals surface area contributed by atoms with Crippen molar-refractivity contribution in [3.63, 3.8) is 0 Å². The monoisotopic (exact) mass is 285 g/mol. The van der Waals surface area contributed by atoms with Gasteiger partial charge in [-0.1, -0.05) is 30.0 Å². The van der Waals surface area contributed by atoms with Crippen molar-refractivity contribution < 1.29 is 13.2 Å². The average Bonchev–Trinajstić information content (AvgIpc) is 2.38. The number of pyridine rings is 1. The van der Waals surface area contributed by atoms with Crippen LogP contribution in [0.25, 0.3) is 0 Å². The Morgan fingerprint density at radius 1 is 1.11 bits per heavy atom. The maximum absolute atomic E-state index is 12.7. The van der Waals surface area contributed by atoms with Crippen molar-refractivity contribution in [3.05, 3.63) is 48.0 Å². The summed E-state index contributed by atoms with van der Waals surface area (Å²) in [5.41, 5.74) is 1.36. The molecule has 3 nitrogen and oxygen atoms in total. The molecule has 0 fully saturated rings. The smallest absolute Gasteiger partial charge is 0.308 e. The van der Waals surface area contributed by atoms with Crippen molar-refractivity contribution in [2.24, 2.45) is 5.84 Å². The molecule has 1 aromatic carbocycles. The van der Waals surface area contributed by atoms with Gasteiger partial charge in [-0.2, -0.15) is 13.2 Å². The van der Waals surface area contributed by atoms with Gasteiger partial charge in [-0.15, -0.1) is 0 Å². The number of rotatable bonds is 3. The van der Waals surface area contributed by atoms with E-state index in [1.54, 1.807) is 24.3 Å². The number of hydrazine groups is 1. The highest BCUT2D eigenvalue weighted by Crippen LogP contribution is 2.34. The normalized spacial score (nSPS) is 11.4. The van der Waals surface area contributed by atoms with Crippen LogP contribution < -0.4 is 11.3 Å². The molecule has 0 aliphatic heterocycles. The summed E-state index contributed by atoms with van der Waals surface area (Å²) < 4.78 is 38.2. The molecule has 19 heavy (non-hydrogen) atoms. The van der Waals surface area contributed by atoms with Gasteiger partial charge in [0.05, 0.1) is 5.56 Å². The fourth-order valence-electron chi connectivity index (χ4n) is 1.40. The summed E-state index contributed by atoms with van der Waals surface area (Å²) >= 11 is 1.14. The number of hydrogen-bond acceptors (Lipinski definition) is 4. The van der Waals surface area contributed by atoms with E-state index < -0.39 is 11.7 Å². The van der Waals surface area contributed by atoms with Crippen molar-refractivity contribution in [2.75, 3.05) is 5.43 Å². The van der Waals surface area contributed by atoms with Crippen LogP contribution in [0.3, 0.4) is 0 Å². The summed E-state index contributed by atoms with van der Waals surface area (Å²) in [6.07, 6.45) is -4.43. The number of aromatic nitrogens is 1. The Hall–Kier alpha value is -1.73. The Morgan fingerprint density at radius 2 is 1.79 bits per heavy atom. The molecule has 3 N–H and O–H groups in total. The maximum atomic E-state index is 12.7. The third-order valence-corrected chi connectivity index (χ3v) is 3.17. The Kier molecular flexibility index (Phi) is 3.96. The van der Waals surface area contributed by atoms with Crippen LogP contribution in [0.2, 0.25) is 0 Å². The molecular weight excluding hydrogens is 275 g/mol. The molecular formula is C12H10F3N3S. The lowest BCUT2D eigenvalue weighted by Gasteiger charge is -2.10. The topological polar surface area (TPSA) is 50.9 Å². The van der Waals surface area contributed by atoms with Crippen molar-refractivity contribution >= 4 is 17.6 Å². The Bertz CT molecular complexity index is 558. The fourth-order valence-corrected chi connectivity index (χ4v) is 2.27. The first-order chi connectivity index (χ1) is 8.99. The van der Waals surface area contributed by atoms with E-state index in [-0.39, 0.29) is 10.8 Å². The van der Waals surface area contributed by atoms with Gasteiger partial charge in [-0.05, 0) is 24.3 Å². The van der Waals surface area contributed by atoms with Crippen molar-refractivity contribution in [3.8, 4) is 0 Å². The number of halogens is 3. The molecule has 1 heterocycles. The molecule has 0 saturated carbocycles. The molecule has 0 atom stereocenters. The van der Waals surface area contributed by atoms with E-state index in [9.17, 15) is 13.2 Å². The van der Waals surface area contributed by atoms with Crippen LogP contribution in [0.15, 0.2) is 52.4 Å². The van der Waals surface area contributed by atoms with Gasteiger partial charge in [-0.25, -0.2) is 10.8 Å². The average molecular weight is 285 g/mol. The quantitative estimate of drug-likeness (QED) is 0.669. The third-order valence-electron chi connectivity index (χ3n) is 2.24. The van der Waals surface area contributed by atoms with Crippen molar-refractivity contribution in [1.29, 1.82) is 0 Å². The lowest BCUT2D eigenvalue weighted by Crippen LogP contribution is -2.12. The second-order valence-electron chi connectivity index (χ2n) is 3.64. The van der Waals surface area contributed by atoms with Gasteiger partial charge in [0.1, 0.15) is 10.8 Å². The lowest BCUT2D eigenvalue weighted by atomic mass is 10.2. The highest BCUT2D eigenvalue weighted by Gasteiger charge is 2.31. The highest BCUT2D eigenvalue weighted by atomic mass is 32.2. The van der Waals surface area contributed by atoms with Crippen LogP contribution >= 0.6 is 11.8 Å². The van der Waals surface area contributed by atoms with Crippen LogP contribution in [-0.4, -0.2) is 4.98 Å². The van der Waals surface area contributed by atoms with Gasteiger partial charge in [-0.3, -0.25) is 0 Å². The predicted molar refractivity (Wildman–Crippen MR) is 67.6 cm³/mol. The molecule has 1 aromatic heterocycles. The summed E-state index contributed by atoms with van der Waals surface area (Å²) in [5.74, 6) is 5.12. The number of nitrogens with two attached hydrogens (primary N) is 1. The number of nitrogens with one attached hydrogen (secondary N) is 1. The molecule has 100 valence electrons. The minimum Gasteiger partial charge on any atom is -0.308 e. The first kappa shape index (κ1) is 13.7. The Balaban J connectivity index is 2.35. The molecule has 0 spiro atoms. The minimum atomic E-state index is -4.43. The van der Waals surface area contributed by atoms with Gasteiger partial charge in [0.2, 0.25) is 0 Å². The maximum Gasteiger partial charge on any atom is 0.416 e. The van der Waals surface area contributed by atoms with Crippen molar-refractivity contribution in [1.82, 2.24) is 4.98 Å². The van der Waals surface area contributed by atoms with E-state index in [1.807, 2.05) is 6.07 Å². The number of nitrogen functional groups attached to an aromatic ring is 1. The minimum absolute atomic E-state index is 0.0201. The summed E-state index contributed by atoms with van der Waals surface area (Å²) in [5, 5.41) is 0.231. The molecule has 0 unspecified atom stereocenters. The number of anilines is 1. The highest BCUT2D eigenvalue weighted by molar-refractivity contribution is 7.99. The molecule has 0 aliphatic rings. The van der Waals surface area contributed by atoms with E-state index >= 15 is 0 Å². The van der Waals surface area contributed by atoms with E-state index in [2.05, 4.69) is 10.4 Å². The van der Waals surface area contributed by atoms with Crippen LogP contribution in [0, 0.1) is 0 Å². The number of nitrogens with zero attached hydrogens (tertiary/aromatic N) is 1. The molecule has 2 rings (SSSR count). The number of hydrogen-bond donors (Lipinski definition) is 2. The Morgan fingerprint density at radius 3 is 2.37 bits per heavy atom. The zero-order valence-electron chi connectivity index (χ0n) is 9.61. The van der Waals surface area contributed by atoms with Crippen LogP contribution in [0.4, 0.5) is 19.0 Å². The number of benzene rings is 1. The van der Waals surface area contributed by atoms with Gasteiger partial charge in [0.15, 0.2) is 0 Å². The van der Waals surface area contributed by atoms with Gasteiger partial charge in [0, 0.05) is 4.90 Å². The number of alkyl halides is 3. The van der Waals surface area contributed by atoms with Crippen LogP contribution in [-0.2, 0) is 6.18 Å². The van der Waals surface area contributed by atoms with Crippen LogP contribution in [0.1, 0.15) is 5.56 Å². The molecule has 0 saturated heterocycles. The van der Waals surface area contributed by atoms with E-state index in [0.29, 0.717) is 0 Å². The molecule has 0 aliphatic carbocycles. The third kappa shape index (κ3) is 3.62. The summed E-state index contributed by atoms with van der Waals surface area (Å²) in [7, 11) is 0. The van der Waals surface area contributed by atoms with Crippen LogP contribution in [0.5, 0.6) is 0 Å². The largest absolute Gasteiger partial charge is 0.416 e. The molecule has 0 radical (unpaired) electrons. The summed E-state index contributed by atoms with van der Waals surface area (Å²) in [4.78, 5) is 4.79. The fraction of sp³-hybridized carbons (Fsp3) is 0.0833. The second-order valence-corrected chi connectivity index (χ2v) is 4.73. The standard InChI is InChI=1S/C12H10F3N3S/c13-12(14,15)8-6-10(18-16)17-11(7-8)19-9-4-2-1-3-5-9/h1-7H,16H2,(H,17,18). The van der Waals surface area contributed by atoms with Crippen molar-refractivity contribution in [2.45, 2.75) is 16.1 Å². The summed E-state index contributed by atoms with van der Waals surface area (Å²) in [6.45, 7) is 0. The zero-order chi connectivity index (χ0) is 13.9. The van der Waals surface area contributed by atoms with E-state index in [4.69, 9.17) is 5.84 Å². The first-order valence-electron chi connectivity index (χ1n) is 5.28. The second kappa shape index (κ2) is 5.50. The SMILES string of the molecule is NNc1cc(C(F)(F)F)cc(Sc2ccccc2)n1. The first-order valence-corrected chi connectivity index (χ1v) is 6.09. The van der Waals surface area contributed by atoms with E-state index in [1.165, 1.54) is 0 Å². The lowest BCUT2D eigenvalue weighted by molar-refractivity contribution is -0.137. The molecule has 7 heteroatoms. The molecule has 2 aromatic rings.